The molecule has 174 valence electrons. The van der Waals surface area contributed by atoms with Crippen LogP contribution in [0.1, 0.15) is 79.6 Å². The van der Waals surface area contributed by atoms with E-state index in [1.54, 1.807) is 0 Å². The number of hydrogen-bond donors (Lipinski definition) is 0. The van der Waals surface area contributed by atoms with E-state index in [1.807, 2.05) is 0 Å². The molecule has 0 aromatic carbocycles. The molecule has 7 atom stereocenters. The van der Waals surface area contributed by atoms with Crippen LogP contribution < -0.4 is 0 Å². The van der Waals surface area contributed by atoms with Crippen molar-refractivity contribution in [2.45, 2.75) is 96.9 Å². The Kier molecular flexibility index (Phi) is 5.43. The number of rotatable bonds is 3. The number of esters is 3. The molecule has 4 aliphatic rings. The van der Waals surface area contributed by atoms with Crippen LogP contribution in [0, 0.1) is 22.7 Å². The Morgan fingerprint density at radius 1 is 1.06 bits per heavy atom. The van der Waals surface area contributed by atoms with Crippen molar-refractivity contribution in [2.75, 3.05) is 13.2 Å². The Hall–Kier alpha value is -1.63. The third kappa shape index (κ3) is 3.38. The summed E-state index contributed by atoms with van der Waals surface area (Å²) in [6.07, 6.45) is 5.22. The van der Waals surface area contributed by atoms with E-state index < -0.39 is 11.0 Å². The average Bonchev–Trinajstić information content (AvgIpc) is 3.25. The van der Waals surface area contributed by atoms with Crippen LogP contribution in [0.4, 0.5) is 0 Å². The maximum Gasteiger partial charge on any atom is 0.308 e. The van der Waals surface area contributed by atoms with Gasteiger partial charge in [0, 0.05) is 24.7 Å². The standard InChI is InChI=1S/C24H36O7/c1-15-6-7-18-21(4,13-28-16(2)25)19(30-17(3)26)8-9-22(18,5)24(15)11-10-23(31-24)12-20(27)29-14-23/h15,18-19H,6-14H2,1-5H3/t15-,18?,19+,21+,22+,23+,24-/m1/s1. The van der Waals surface area contributed by atoms with Crippen LogP contribution in [-0.4, -0.2) is 48.4 Å². The zero-order chi connectivity index (χ0) is 22.7. The summed E-state index contributed by atoms with van der Waals surface area (Å²) < 4.78 is 23.6. The molecule has 4 rings (SSSR count). The Bertz CT molecular complexity index is 780. The van der Waals surface area contributed by atoms with Crippen LogP contribution in [0.3, 0.4) is 0 Å². The first-order chi connectivity index (χ1) is 14.5. The van der Waals surface area contributed by atoms with Crippen molar-refractivity contribution in [2.24, 2.45) is 22.7 Å². The lowest BCUT2D eigenvalue weighted by molar-refractivity contribution is -0.269. The first-order valence-electron chi connectivity index (χ1n) is 11.6. The molecule has 1 unspecified atom stereocenters. The molecule has 2 spiro atoms. The van der Waals surface area contributed by atoms with Crippen LogP contribution in [0.15, 0.2) is 0 Å². The summed E-state index contributed by atoms with van der Waals surface area (Å²) in [7, 11) is 0. The molecule has 4 fully saturated rings. The predicted molar refractivity (Wildman–Crippen MR) is 111 cm³/mol. The number of carbonyl (C=O) groups is 3. The molecule has 2 aliphatic heterocycles. The summed E-state index contributed by atoms with van der Waals surface area (Å²) in [5.41, 5.74) is -1.58. The Balaban J connectivity index is 1.71. The lowest BCUT2D eigenvalue weighted by Crippen LogP contribution is -2.67. The molecule has 0 radical (unpaired) electrons. The molecule has 0 aromatic rings. The highest BCUT2D eigenvalue weighted by Gasteiger charge is 2.70. The van der Waals surface area contributed by atoms with Crippen molar-refractivity contribution in [3.05, 3.63) is 0 Å². The van der Waals surface area contributed by atoms with Crippen molar-refractivity contribution in [1.82, 2.24) is 0 Å². The summed E-state index contributed by atoms with van der Waals surface area (Å²) in [4.78, 5) is 35.5. The zero-order valence-electron chi connectivity index (χ0n) is 19.5. The molecular weight excluding hydrogens is 400 g/mol. The molecule has 2 aliphatic carbocycles. The average molecular weight is 437 g/mol. The van der Waals surface area contributed by atoms with E-state index in [1.165, 1.54) is 13.8 Å². The summed E-state index contributed by atoms with van der Waals surface area (Å²) in [6, 6.07) is 0. The highest BCUT2D eigenvalue weighted by atomic mass is 16.6. The van der Waals surface area contributed by atoms with Crippen molar-refractivity contribution in [3.63, 3.8) is 0 Å². The van der Waals surface area contributed by atoms with Crippen LogP contribution in [0.25, 0.3) is 0 Å². The summed E-state index contributed by atoms with van der Waals surface area (Å²) in [6.45, 7) is 10.1. The smallest absolute Gasteiger partial charge is 0.308 e. The third-order valence-electron chi connectivity index (χ3n) is 9.09. The fourth-order valence-electron chi connectivity index (χ4n) is 7.55. The molecule has 2 saturated carbocycles. The van der Waals surface area contributed by atoms with Crippen LogP contribution >= 0.6 is 0 Å². The fraction of sp³-hybridized carbons (Fsp3) is 0.875. The quantitative estimate of drug-likeness (QED) is 0.494. The van der Waals surface area contributed by atoms with Gasteiger partial charge in [0.05, 0.1) is 12.0 Å². The van der Waals surface area contributed by atoms with Gasteiger partial charge in [0.25, 0.3) is 0 Å². The molecule has 0 amide bonds. The first kappa shape index (κ1) is 22.6. The van der Waals surface area contributed by atoms with Gasteiger partial charge < -0.3 is 18.9 Å². The van der Waals surface area contributed by atoms with Gasteiger partial charge in [-0.1, -0.05) is 20.8 Å². The molecule has 2 saturated heterocycles. The first-order valence-corrected chi connectivity index (χ1v) is 11.6. The van der Waals surface area contributed by atoms with Crippen molar-refractivity contribution in [3.8, 4) is 0 Å². The van der Waals surface area contributed by atoms with Crippen molar-refractivity contribution in [1.29, 1.82) is 0 Å². The lowest BCUT2D eigenvalue weighted by Gasteiger charge is -2.65. The Morgan fingerprint density at radius 3 is 2.42 bits per heavy atom. The van der Waals surface area contributed by atoms with Gasteiger partial charge in [-0.2, -0.15) is 0 Å². The van der Waals surface area contributed by atoms with E-state index >= 15 is 0 Å². The molecule has 31 heavy (non-hydrogen) atoms. The number of fused-ring (bicyclic) bond motifs is 2. The second kappa shape index (κ2) is 7.46. The third-order valence-corrected chi connectivity index (χ3v) is 9.09. The number of carbonyl (C=O) groups excluding carboxylic acids is 3. The van der Waals surface area contributed by atoms with Gasteiger partial charge in [0.2, 0.25) is 0 Å². The fourth-order valence-corrected chi connectivity index (χ4v) is 7.55. The number of ether oxygens (including phenoxy) is 4. The Labute approximate surface area is 184 Å². The van der Waals surface area contributed by atoms with E-state index in [-0.39, 0.29) is 47.6 Å². The van der Waals surface area contributed by atoms with Crippen molar-refractivity contribution < 1.29 is 33.3 Å². The minimum absolute atomic E-state index is 0.154. The van der Waals surface area contributed by atoms with Gasteiger partial charge in [0.15, 0.2) is 0 Å². The van der Waals surface area contributed by atoms with E-state index in [9.17, 15) is 14.4 Å². The topological polar surface area (TPSA) is 88.1 Å². The highest BCUT2D eigenvalue weighted by Crippen LogP contribution is 2.68. The van der Waals surface area contributed by atoms with E-state index in [4.69, 9.17) is 18.9 Å². The lowest BCUT2D eigenvalue weighted by atomic mass is 9.43. The SMILES string of the molecule is CC(=O)OC[C@@]1(C)C2CC[C@@H](C)[C@]3(CC[C@]4(COC(=O)C4)O3)[C@@]2(C)CC[C@@H]1OC(C)=O. The predicted octanol–water partition coefficient (Wildman–Crippen LogP) is 3.57. The van der Waals surface area contributed by atoms with E-state index in [0.29, 0.717) is 25.4 Å². The maximum absolute atomic E-state index is 11.9. The van der Waals surface area contributed by atoms with Gasteiger partial charge >= 0.3 is 17.9 Å². The maximum atomic E-state index is 11.9. The van der Waals surface area contributed by atoms with E-state index in [0.717, 1.165) is 32.1 Å². The summed E-state index contributed by atoms with van der Waals surface area (Å²) >= 11 is 0. The van der Waals surface area contributed by atoms with Crippen LogP contribution in [0.5, 0.6) is 0 Å². The van der Waals surface area contributed by atoms with Crippen LogP contribution in [0.2, 0.25) is 0 Å². The van der Waals surface area contributed by atoms with Gasteiger partial charge in [-0.3, -0.25) is 14.4 Å². The van der Waals surface area contributed by atoms with Gasteiger partial charge in [0.1, 0.15) is 24.9 Å². The summed E-state index contributed by atoms with van der Waals surface area (Å²) in [5, 5.41) is 0. The largest absolute Gasteiger partial charge is 0.465 e. The molecule has 7 nitrogen and oxygen atoms in total. The summed E-state index contributed by atoms with van der Waals surface area (Å²) in [5.74, 6) is -0.319. The molecule has 0 N–H and O–H groups in total. The number of cyclic esters (lactones) is 1. The normalized spacial score (nSPS) is 46.6. The number of hydrogen-bond acceptors (Lipinski definition) is 7. The van der Waals surface area contributed by atoms with Crippen molar-refractivity contribution >= 4 is 17.9 Å². The monoisotopic (exact) mass is 436 g/mol. The highest BCUT2D eigenvalue weighted by molar-refractivity contribution is 5.73. The second-order valence-electron chi connectivity index (χ2n) is 10.9. The molecule has 0 aromatic heterocycles. The molecule has 7 heteroatoms. The minimum Gasteiger partial charge on any atom is -0.465 e. The van der Waals surface area contributed by atoms with Crippen LogP contribution in [-0.2, 0) is 33.3 Å². The van der Waals surface area contributed by atoms with Gasteiger partial charge in [-0.15, -0.1) is 0 Å². The van der Waals surface area contributed by atoms with E-state index in [2.05, 4.69) is 20.8 Å². The van der Waals surface area contributed by atoms with Gasteiger partial charge in [-0.05, 0) is 50.4 Å². The zero-order valence-corrected chi connectivity index (χ0v) is 19.5. The minimum atomic E-state index is -0.519. The molecule has 0 bridgehead atoms. The molecular formula is C24H36O7. The Morgan fingerprint density at radius 2 is 1.81 bits per heavy atom. The van der Waals surface area contributed by atoms with Gasteiger partial charge in [-0.25, -0.2) is 0 Å². The second-order valence-corrected chi connectivity index (χ2v) is 10.9. The molecule has 2 heterocycles.